The van der Waals surface area contributed by atoms with Crippen molar-refractivity contribution in [3.63, 3.8) is 0 Å². The zero-order valence-electron chi connectivity index (χ0n) is 15.4. The molecule has 5 heteroatoms. The number of para-hydroxylation sites is 2. The molecule has 4 nitrogen and oxygen atoms in total. The molecule has 0 aliphatic rings. The molecule has 4 aromatic rings. The van der Waals surface area contributed by atoms with E-state index in [4.69, 9.17) is 4.42 Å². The van der Waals surface area contributed by atoms with Crippen molar-refractivity contribution < 1.29 is 12.8 Å². The van der Waals surface area contributed by atoms with Crippen LogP contribution in [0.5, 0.6) is 0 Å². The van der Waals surface area contributed by atoms with Gasteiger partial charge in [-0.1, -0.05) is 61.5 Å². The summed E-state index contributed by atoms with van der Waals surface area (Å²) in [6.07, 6.45) is 0.786. The highest BCUT2D eigenvalue weighted by Gasteiger charge is 2.22. The smallest absolute Gasteiger partial charge is 0.239 e. The maximum Gasteiger partial charge on any atom is 0.239 e. The first-order valence-electron chi connectivity index (χ1n) is 9.05. The zero-order valence-corrected chi connectivity index (χ0v) is 16.2. The molecule has 1 heterocycles. The second-order valence-corrected chi connectivity index (χ2v) is 8.28. The zero-order chi connectivity index (χ0) is 19.6. The molecule has 0 amide bonds. The first-order chi connectivity index (χ1) is 13.6. The van der Waals surface area contributed by atoms with E-state index in [0.29, 0.717) is 16.7 Å². The number of sulfone groups is 1. The van der Waals surface area contributed by atoms with Crippen molar-refractivity contribution in [2.75, 3.05) is 0 Å². The predicted octanol–water partition coefficient (Wildman–Crippen LogP) is 5.06. The van der Waals surface area contributed by atoms with E-state index in [1.165, 1.54) is 0 Å². The molecule has 28 heavy (non-hydrogen) atoms. The molecule has 1 aromatic heterocycles. The fourth-order valence-corrected chi connectivity index (χ4v) is 4.44. The highest BCUT2D eigenvalue weighted by Crippen LogP contribution is 2.24. The lowest BCUT2D eigenvalue weighted by atomic mass is 10.1. The van der Waals surface area contributed by atoms with Crippen LogP contribution in [0.3, 0.4) is 0 Å². The molecule has 0 atom stereocenters. The van der Waals surface area contributed by atoms with Crippen molar-refractivity contribution in [1.29, 1.82) is 0 Å². The predicted molar refractivity (Wildman–Crippen MR) is 109 cm³/mol. The molecule has 140 valence electrons. The third-order valence-electron chi connectivity index (χ3n) is 4.56. The average molecular weight is 389 g/mol. The van der Waals surface area contributed by atoms with Crippen LogP contribution in [0.15, 0.2) is 104 Å². The summed E-state index contributed by atoms with van der Waals surface area (Å²) < 4.78 is 32.6. The Hall–Kier alpha value is -3.18. The van der Waals surface area contributed by atoms with Crippen molar-refractivity contribution in [3.8, 4) is 0 Å². The van der Waals surface area contributed by atoms with Crippen LogP contribution in [-0.4, -0.2) is 8.42 Å². The molecular weight excluding hydrogens is 370 g/mol. The summed E-state index contributed by atoms with van der Waals surface area (Å²) >= 11 is 0. The maximum atomic E-state index is 13.3. The number of hydrogen-bond donors (Lipinski definition) is 0. The van der Waals surface area contributed by atoms with Gasteiger partial charge in [0, 0.05) is 5.39 Å². The Labute approximate surface area is 163 Å². The largest absolute Gasteiger partial charge is 0.437 e. The van der Waals surface area contributed by atoms with Crippen LogP contribution in [-0.2, 0) is 16.3 Å². The molecular formula is C23H19NO3S. The van der Waals surface area contributed by atoms with Gasteiger partial charge in [-0.15, -0.1) is 0 Å². The highest BCUT2D eigenvalue weighted by atomic mass is 32.2. The van der Waals surface area contributed by atoms with Gasteiger partial charge in [-0.05, 0) is 42.3 Å². The van der Waals surface area contributed by atoms with Gasteiger partial charge in [0.05, 0.1) is 10.6 Å². The minimum atomic E-state index is -3.79. The van der Waals surface area contributed by atoms with Crippen molar-refractivity contribution in [2.24, 2.45) is 4.99 Å². The van der Waals surface area contributed by atoms with E-state index >= 15 is 0 Å². The minimum absolute atomic E-state index is 0.0586. The van der Waals surface area contributed by atoms with E-state index in [9.17, 15) is 8.42 Å². The van der Waals surface area contributed by atoms with Crippen LogP contribution in [0, 0.1) is 0 Å². The molecule has 0 aliphatic carbocycles. The van der Waals surface area contributed by atoms with Crippen molar-refractivity contribution in [2.45, 2.75) is 23.1 Å². The summed E-state index contributed by atoms with van der Waals surface area (Å²) in [6, 6.07) is 25.0. The van der Waals surface area contributed by atoms with Crippen molar-refractivity contribution in [3.05, 3.63) is 96.0 Å². The van der Waals surface area contributed by atoms with Crippen LogP contribution in [0.2, 0.25) is 0 Å². The summed E-state index contributed by atoms with van der Waals surface area (Å²) in [5, 5.41) is 0.708. The lowest BCUT2D eigenvalue weighted by Crippen LogP contribution is -2.15. The molecule has 0 aliphatic heterocycles. The van der Waals surface area contributed by atoms with Gasteiger partial charge < -0.3 is 4.42 Å². The molecule has 3 aromatic carbocycles. The van der Waals surface area contributed by atoms with E-state index < -0.39 is 9.84 Å². The monoisotopic (exact) mass is 389 g/mol. The van der Waals surface area contributed by atoms with E-state index in [-0.39, 0.29) is 15.3 Å². The van der Waals surface area contributed by atoms with Gasteiger partial charge in [-0.25, -0.2) is 13.4 Å². The van der Waals surface area contributed by atoms with E-state index in [2.05, 4.69) is 4.99 Å². The standard InChI is InChI=1S/C23H19NO3S/c1-2-17-10-6-8-14-20(17)24-23-22(16-18-11-7-9-15-21(18)27-23)28(25,26)19-12-4-3-5-13-19/h3-16H,2H2,1H3. The molecule has 0 N–H and O–H groups in total. The van der Waals surface area contributed by atoms with Gasteiger partial charge in [-0.3, -0.25) is 0 Å². The van der Waals surface area contributed by atoms with Gasteiger partial charge in [0.2, 0.25) is 15.4 Å². The number of fused-ring (bicyclic) bond motifs is 1. The number of benzene rings is 3. The molecule has 4 rings (SSSR count). The fourth-order valence-electron chi connectivity index (χ4n) is 3.08. The fraction of sp³-hybridized carbons (Fsp3) is 0.0870. The highest BCUT2D eigenvalue weighted by molar-refractivity contribution is 7.91. The Kier molecular flexibility index (Phi) is 4.84. The molecule has 0 bridgehead atoms. The van der Waals surface area contributed by atoms with E-state index in [0.717, 1.165) is 12.0 Å². The van der Waals surface area contributed by atoms with Gasteiger partial charge in [0.15, 0.2) is 0 Å². The Morgan fingerprint density at radius 1 is 0.857 bits per heavy atom. The van der Waals surface area contributed by atoms with Crippen LogP contribution in [0.1, 0.15) is 12.5 Å². The normalized spacial score (nSPS) is 12.4. The van der Waals surface area contributed by atoms with Crippen LogP contribution in [0.4, 0.5) is 5.69 Å². The number of nitrogens with zero attached hydrogens (tertiary/aromatic N) is 1. The van der Waals surface area contributed by atoms with E-state index in [1.807, 2.05) is 49.4 Å². The summed E-state index contributed by atoms with van der Waals surface area (Å²) in [5.41, 5.74) is 2.40. The summed E-state index contributed by atoms with van der Waals surface area (Å²) in [6.45, 7) is 2.04. The van der Waals surface area contributed by atoms with Crippen molar-refractivity contribution in [1.82, 2.24) is 0 Å². The second-order valence-electron chi connectivity index (χ2n) is 6.36. The molecule has 0 spiro atoms. The Balaban J connectivity index is 2.05. The lowest BCUT2D eigenvalue weighted by Gasteiger charge is -2.08. The Bertz CT molecular complexity index is 1310. The Morgan fingerprint density at radius 3 is 2.32 bits per heavy atom. The first-order valence-corrected chi connectivity index (χ1v) is 10.5. The van der Waals surface area contributed by atoms with Gasteiger partial charge in [0.25, 0.3) is 0 Å². The van der Waals surface area contributed by atoms with Gasteiger partial charge in [-0.2, -0.15) is 0 Å². The quantitative estimate of drug-likeness (QED) is 0.490. The Morgan fingerprint density at radius 2 is 1.54 bits per heavy atom. The molecule has 0 unspecified atom stereocenters. The number of hydrogen-bond acceptors (Lipinski definition) is 4. The van der Waals surface area contributed by atoms with Crippen LogP contribution >= 0.6 is 0 Å². The third kappa shape index (κ3) is 3.37. The minimum Gasteiger partial charge on any atom is -0.437 e. The van der Waals surface area contributed by atoms with Crippen LogP contribution < -0.4 is 5.55 Å². The first kappa shape index (κ1) is 18.2. The maximum absolute atomic E-state index is 13.3. The van der Waals surface area contributed by atoms with Gasteiger partial charge >= 0.3 is 0 Å². The number of aryl methyl sites for hydroxylation is 1. The molecule has 0 radical (unpaired) electrons. The third-order valence-corrected chi connectivity index (χ3v) is 6.32. The van der Waals surface area contributed by atoms with E-state index in [1.54, 1.807) is 42.5 Å². The molecule has 0 fully saturated rings. The number of rotatable bonds is 4. The SMILES string of the molecule is CCc1ccccc1N=c1oc2ccccc2cc1S(=O)(=O)c1ccccc1. The summed E-state index contributed by atoms with van der Waals surface area (Å²) in [5.74, 6) is 0. The molecule has 0 saturated carbocycles. The average Bonchev–Trinajstić information content (AvgIpc) is 2.74. The second kappa shape index (κ2) is 7.44. The molecule has 0 saturated heterocycles. The van der Waals surface area contributed by atoms with Gasteiger partial charge in [0.1, 0.15) is 10.5 Å². The summed E-state index contributed by atoms with van der Waals surface area (Å²) in [4.78, 5) is 4.88. The summed E-state index contributed by atoms with van der Waals surface area (Å²) in [7, 11) is -3.79. The topological polar surface area (TPSA) is 59.6 Å². The van der Waals surface area contributed by atoms with Crippen molar-refractivity contribution >= 4 is 26.5 Å². The van der Waals surface area contributed by atoms with Crippen LogP contribution in [0.25, 0.3) is 11.0 Å². The lowest BCUT2D eigenvalue weighted by molar-refractivity contribution is 0.517.